The van der Waals surface area contributed by atoms with E-state index in [2.05, 4.69) is 28.7 Å². The van der Waals surface area contributed by atoms with Crippen molar-refractivity contribution in [2.75, 3.05) is 6.61 Å². The summed E-state index contributed by atoms with van der Waals surface area (Å²) in [6.07, 6.45) is 4.69. The number of ether oxygens (including phenoxy) is 1. The summed E-state index contributed by atoms with van der Waals surface area (Å²) < 4.78 is 9.75. The van der Waals surface area contributed by atoms with Crippen LogP contribution in [0.5, 0.6) is 0 Å². The van der Waals surface area contributed by atoms with Crippen LogP contribution in [0, 0.1) is 6.92 Å². The van der Waals surface area contributed by atoms with E-state index < -0.39 is 5.97 Å². The van der Waals surface area contributed by atoms with E-state index in [0.29, 0.717) is 5.69 Å². The molecule has 6 nitrogen and oxygen atoms in total. The minimum absolute atomic E-state index is 0.00645. The first-order chi connectivity index (χ1) is 12.0. The van der Waals surface area contributed by atoms with Crippen LogP contribution >= 0.6 is 0 Å². The van der Waals surface area contributed by atoms with Crippen LogP contribution in [-0.4, -0.2) is 23.6 Å². The lowest BCUT2D eigenvalue weighted by Crippen LogP contribution is -2.31. The Bertz CT molecular complexity index is 781. The highest BCUT2D eigenvalue weighted by Crippen LogP contribution is 2.24. The quantitative estimate of drug-likeness (QED) is 0.845. The molecule has 2 aromatic rings. The molecule has 0 fully saturated rings. The van der Waals surface area contributed by atoms with Crippen LogP contribution in [0.2, 0.25) is 0 Å². The fourth-order valence-corrected chi connectivity index (χ4v) is 3.05. The molecule has 0 saturated heterocycles. The number of nitrogens with zero attached hydrogens (tertiary/aromatic N) is 1. The van der Waals surface area contributed by atoms with E-state index in [1.807, 2.05) is 6.92 Å². The molecule has 1 unspecified atom stereocenters. The van der Waals surface area contributed by atoms with Gasteiger partial charge in [0.05, 0.1) is 11.7 Å². The smallest absolute Gasteiger partial charge is 0.377 e. The zero-order chi connectivity index (χ0) is 17.8. The lowest BCUT2D eigenvalue weighted by atomic mass is 9.89. The SMILES string of the molecule is Cc1cc(C(=O)OCC(=O)NC(C)c2ccc3c(c2)CCCC3)on1. The molecule has 0 saturated carbocycles. The van der Waals surface area contributed by atoms with Crippen LogP contribution in [0.25, 0.3) is 0 Å². The molecule has 25 heavy (non-hydrogen) atoms. The number of carbonyl (C=O) groups excluding carboxylic acids is 2. The van der Waals surface area contributed by atoms with Gasteiger partial charge in [-0.3, -0.25) is 4.79 Å². The van der Waals surface area contributed by atoms with Crippen molar-refractivity contribution in [2.45, 2.75) is 45.6 Å². The first-order valence-corrected chi connectivity index (χ1v) is 8.54. The van der Waals surface area contributed by atoms with Gasteiger partial charge in [0, 0.05) is 6.07 Å². The number of benzene rings is 1. The average molecular weight is 342 g/mol. The molecule has 0 spiro atoms. The van der Waals surface area contributed by atoms with Gasteiger partial charge in [0.1, 0.15) is 0 Å². The Hall–Kier alpha value is -2.63. The van der Waals surface area contributed by atoms with Gasteiger partial charge in [-0.25, -0.2) is 4.79 Å². The third-order valence-corrected chi connectivity index (χ3v) is 4.41. The van der Waals surface area contributed by atoms with Gasteiger partial charge in [-0.2, -0.15) is 0 Å². The number of aryl methyl sites for hydroxylation is 3. The predicted molar refractivity (Wildman–Crippen MR) is 91.2 cm³/mol. The van der Waals surface area contributed by atoms with Crippen molar-refractivity contribution < 1.29 is 18.8 Å². The number of esters is 1. The minimum Gasteiger partial charge on any atom is -0.450 e. The normalized spacial score (nSPS) is 14.5. The highest BCUT2D eigenvalue weighted by Gasteiger charge is 2.17. The number of hydrogen-bond acceptors (Lipinski definition) is 5. The number of nitrogens with one attached hydrogen (secondary N) is 1. The van der Waals surface area contributed by atoms with E-state index >= 15 is 0 Å². The summed E-state index contributed by atoms with van der Waals surface area (Å²) >= 11 is 0. The van der Waals surface area contributed by atoms with E-state index in [1.54, 1.807) is 6.92 Å². The first kappa shape index (κ1) is 17.2. The van der Waals surface area contributed by atoms with Gasteiger partial charge in [-0.1, -0.05) is 23.4 Å². The Morgan fingerprint density at radius 2 is 2.00 bits per heavy atom. The number of amides is 1. The molecule has 1 aromatic carbocycles. The van der Waals surface area contributed by atoms with Crippen LogP contribution in [0.1, 0.15) is 58.7 Å². The minimum atomic E-state index is -0.697. The third-order valence-electron chi connectivity index (χ3n) is 4.41. The highest BCUT2D eigenvalue weighted by molar-refractivity contribution is 5.88. The third kappa shape index (κ3) is 4.26. The molecule has 0 bridgehead atoms. The lowest BCUT2D eigenvalue weighted by Gasteiger charge is -2.20. The number of carbonyl (C=O) groups is 2. The van der Waals surface area contributed by atoms with Gasteiger partial charge >= 0.3 is 5.97 Å². The second-order valence-corrected chi connectivity index (χ2v) is 6.43. The summed E-state index contributed by atoms with van der Waals surface area (Å²) in [5, 5.41) is 6.46. The fourth-order valence-electron chi connectivity index (χ4n) is 3.05. The summed E-state index contributed by atoms with van der Waals surface area (Å²) in [6.45, 7) is 3.27. The van der Waals surface area contributed by atoms with Gasteiger partial charge in [0.2, 0.25) is 5.76 Å². The summed E-state index contributed by atoms with van der Waals surface area (Å²) in [7, 11) is 0. The molecule has 0 radical (unpaired) electrons. The maximum absolute atomic E-state index is 12.0. The van der Waals surface area contributed by atoms with E-state index in [0.717, 1.165) is 18.4 Å². The predicted octanol–water partition coefficient (Wildman–Crippen LogP) is 2.90. The van der Waals surface area contributed by atoms with Crippen LogP contribution in [0.3, 0.4) is 0 Å². The van der Waals surface area contributed by atoms with Crippen LogP contribution < -0.4 is 5.32 Å². The molecule has 1 amide bonds. The molecular formula is C19H22N2O4. The molecule has 3 rings (SSSR count). The van der Waals surface area contributed by atoms with Gasteiger partial charge in [0.25, 0.3) is 5.91 Å². The van der Waals surface area contributed by atoms with Gasteiger partial charge in [0.15, 0.2) is 6.61 Å². The van der Waals surface area contributed by atoms with Crippen molar-refractivity contribution in [3.8, 4) is 0 Å². The summed E-state index contributed by atoms with van der Waals surface area (Å²) in [4.78, 5) is 23.8. The molecule has 1 aromatic heterocycles. The van der Waals surface area contributed by atoms with Crippen molar-refractivity contribution in [1.29, 1.82) is 0 Å². The van der Waals surface area contributed by atoms with Gasteiger partial charge in [-0.05, 0) is 56.2 Å². The molecule has 1 aliphatic rings. The van der Waals surface area contributed by atoms with Crippen LogP contribution in [0.15, 0.2) is 28.8 Å². The second-order valence-electron chi connectivity index (χ2n) is 6.43. The summed E-state index contributed by atoms with van der Waals surface area (Å²) in [6, 6.07) is 7.70. The second kappa shape index (κ2) is 7.51. The average Bonchev–Trinajstić information content (AvgIpc) is 3.05. The molecule has 1 atom stereocenters. The summed E-state index contributed by atoms with van der Waals surface area (Å²) in [5.41, 5.74) is 4.42. The molecule has 0 aliphatic heterocycles. The molecule has 6 heteroatoms. The zero-order valence-corrected chi connectivity index (χ0v) is 14.5. The number of aromatic nitrogens is 1. The Kier molecular flexibility index (Phi) is 5.16. The van der Waals surface area contributed by atoms with Gasteiger partial charge in [-0.15, -0.1) is 0 Å². The topological polar surface area (TPSA) is 81.4 Å². The zero-order valence-electron chi connectivity index (χ0n) is 14.5. The van der Waals surface area contributed by atoms with E-state index in [1.165, 1.54) is 30.0 Å². The highest BCUT2D eigenvalue weighted by atomic mass is 16.6. The molecular weight excluding hydrogens is 320 g/mol. The van der Waals surface area contributed by atoms with E-state index in [9.17, 15) is 9.59 Å². The molecule has 1 heterocycles. The largest absolute Gasteiger partial charge is 0.450 e. The van der Waals surface area contributed by atoms with E-state index in [4.69, 9.17) is 9.26 Å². The van der Waals surface area contributed by atoms with Crippen molar-refractivity contribution in [3.63, 3.8) is 0 Å². The number of fused-ring (bicyclic) bond motifs is 1. The van der Waals surface area contributed by atoms with Crippen LogP contribution in [0.4, 0.5) is 0 Å². The van der Waals surface area contributed by atoms with Crippen molar-refractivity contribution >= 4 is 11.9 Å². The Morgan fingerprint density at radius 1 is 1.24 bits per heavy atom. The first-order valence-electron chi connectivity index (χ1n) is 8.54. The van der Waals surface area contributed by atoms with Crippen molar-refractivity contribution in [2.24, 2.45) is 0 Å². The van der Waals surface area contributed by atoms with Gasteiger partial charge < -0.3 is 14.6 Å². The maximum atomic E-state index is 12.0. The van der Waals surface area contributed by atoms with E-state index in [-0.39, 0.29) is 24.3 Å². The fraction of sp³-hybridized carbons (Fsp3) is 0.421. The molecule has 132 valence electrons. The Balaban J connectivity index is 1.53. The lowest BCUT2D eigenvalue weighted by molar-refractivity contribution is -0.124. The Labute approximate surface area is 146 Å². The monoisotopic (exact) mass is 342 g/mol. The Morgan fingerprint density at radius 3 is 2.72 bits per heavy atom. The standard InChI is InChI=1S/C19H22N2O4/c1-12-9-17(25-21-12)19(23)24-11-18(22)20-13(2)15-8-7-14-5-3-4-6-16(14)10-15/h7-10,13H,3-6,11H2,1-2H3,(H,20,22). The number of hydrogen-bond donors (Lipinski definition) is 1. The maximum Gasteiger partial charge on any atom is 0.377 e. The van der Waals surface area contributed by atoms with Crippen molar-refractivity contribution in [1.82, 2.24) is 10.5 Å². The number of rotatable bonds is 5. The molecule has 1 aliphatic carbocycles. The van der Waals surface area contributed by atoms with Crippen LogP contribution in [-0.2, 0) is 22.4 Å². The van der Waals surface area contributed by atoms with Crippen molar-refractivity contribution in [3.05, 3.63) is 52.4 Å². The molecule has 1 N–H and O–H groups in total. The summed E-state index contributed by atoms with van der Waals surface area (Å²) in [5.74, 6) is -1.06.